The number of rotatable bonds is 4. The second kappa shape index (κ2) is 7.82. The molecule has 1 saturated heterocycles. The van der Waals surface area contributed by atoms with E-state index in [4.69, 9.17) is 11.6 Å². The highest BCUT2D eigenvalue weighted by molar-refractivity contribution is 6.31. The number of nitrogens with one attached hydrogen (secondary N) is 1. The number of anilines is 1. The van der Waals surface area contributed by atoms with Gasteiger partial charge in [0.1, 0.15) is 0 Å². The molecule has 2 aromatic rings. The van der Waals surface area contributed by atoms with E-state index in [-0.39, 0.29) is 11.8 Å². The summed E-state index contributed by atoms with van der Waals surface area (Å²) in [6.45, 7) is 4.62. The molecule has 1 N–H and O–H groups in total. The molecule has 24 heavy (non-hydrogen) atoms. The first kappa shape index (κ1) is 17.0. The van der Waals surface area contributed by atoms with Crippen molar-refractivity contribution < 1.29 is 4.79 Å². The van der Waals surface area contributed by atoms with E-state index in [2.05, 4.69) is 16.3 Å². The summed E-state index contributed by atoms with van der Waals surface area (Å²) >= 11 is 6.26. The van der Waals surface area contributed by atoms with Crippen LogP contribution >= 0.6 is 11.6 Å². The van der Waals surface area contributed by atoms with Crippen LogP contribution in [0.5, 0.6) is 0 Å². The third-order valence-electron chi connectivity index (χ3n) is 4.51. The topological polar surface area (TPSA) is 32.3 Å². The normalized spacial score (nSPS) is 18.3. The molecule has 126 valence electrons. The van der Waals surface area contributed by atoms with Gasteiger partial charge in [-0.15, -0.1) is 0 Å². The Bertz CT molecular complexity index is 716. The number of amides is 1. The van der Waals surface area contributed by atoms with E-state index < -0.39 is 0 Å². The van der Waals surface area contributed by atoms with Gasteiger partial charge in [-0.3, -0.25) is 9.69 Å². The molecule has 0 saturated carbocycles. The minimum absolute atomic E-state index is 0.0294. The fourth-order valence-corrected chi connectivity index (χ4v) is 3.44. The summed E-state index contributed by atoms with van der Waals surface area (Å²) in [7, 11) is 0. The first-order valence-electron chi connectivity index (χ1n) is 8.45. The van der Waals surface area contributed by atoms with Crippen molar-refractivity contribution in [3.8, 4) is 0 Å². The highest BCUT2D eigenvalue weighted by Gasteiger charge is 2.26. The molecule has 0 aliphatic carbocycles. The molecule has 0 aromatic heterocycles. The number of halogens is 1. The van der Waals surface area contributed by atoms with Crippen molar-refractivity contribution in [2.24, 2.45) is 5.92 Å². The molecule has 0 radical (unpaired) electrons. The minimum atomic E-state index is 0.0294. The smallest absolute Gasteiger partial charge is 0.228 e. The van der Waals surface area contributed by atoms with Crippen molar-refractivity contribution in [1.82, 2.24) is 4.90 Å². The maximum atomic E-state index is 12.6. The molecule has 3 nitrogen and oxygen atoms in total. The summed E-state index contributed by atoms with van der Waals surface area (Å²) in [5.41, 5.74) is 3.15. The van der Waals surface area contributed by atoms with E-state index in [9.17, 15) is 4.79 Å². The standard InChI is InChI=1S/C20H23ClN2O/c1-15-6-4-9-18(12-15)22-20(24)17-8-5-11-23(14-17)13-16-7-2-3-10-19(16)21/h2-4,6-7,9-10,12,17H,5,8,11,13-14H2,1H3,(H,22,24). The third kappa shape index (κ3) is 4.37. The Morgan fingerprint density at radius 2 is 2.08 bits per heavy atom. The summed E-state index contributed by atoms with van der Waals surface area (Å²) < 4.78 is 0. The number of likely N-dealkylation sites (tertiary alicyclic amines) is 1. The molecular formula is C20H23ClN2O. The van der Waals surface area contributed by atoms with Crippen LogP contribution in [0.1, 0.15) is 24.0 Å². The van der Waals surface area contributed by atoms with Gasteiger partial charge in [-0.05, 0) is 55.6 Å². The zero-order valence-corrected chi connectivity index (χ0v) is 14.7. The average Bonchev–Trinajstić information content (AvgIpc) is 2.57. The Morgan fingerprint density at radius 3 is 2.88 bits per heavy atom. The van der Waals surface area contributed by atoms with E-state index in [1.165, 1.54) is 0 Å². The Hall–Kier alpha value is -1.84. The van der Waals surface area contributed by atoms with Crippen molar-refractivity contribution in [3.05, 3.63) is 64.7 Å². The predicted octanol–water partition coefficient (Wildman–Crippen LogP) is 4.50. The molecule has 1 unspecified atom stereocenters. The van der Waals surface area contributed by atoms with Crippen LogP contribution in [-0.4, -0.2) is 23.9 Å². The summed E-state index contributed by atoms with van der Waals surface area (Å²) in [4.78, 5) is 14.9. The first-order valence-corrected chi connectivity index (χ1v) is 8.83. The molecule has 1 fully saturated rings. The van der Waals surface area contributed by atoms with Crippen LogP contribution in [-0.2, 0) is 11.3 Å². The predicted molar refractivity (Wildman–Crippen MR) is 99.3 cm³/mol. The molecule has 1 aliphatic heterocycles. The first-order chi connectivity index (χ1) is 11.6. The summed E-state index contributed by atoms with van der Waals surface area (Å²) in [5, 5.41) is 3.85. The Labute approximate surface area is 148 Å². The Kier molecular flexibility index (Phi) is 5.54. The lowest BCUT2D eigenvalue weighted by molar-refractivity contribution is -0.121. The molecule has 1 amide bonds. The number of carbonyl (C=O) groups is 1. The highest BCUT2D eigenvalue weighted by atomic mass is 35.5. The van der Waals surface area contributed by atoms with Crippen molar-refractivity contribution in [2.75, 3.05) is 18.4 Å². The molecule has 0 bridgehead atoms. The Morgan fingerprint density at radius 1 is 1.25 bits per heavy atom. The van der Waals surface area contributed by atoms with Gasteiger partial charge in [0, 0.05) is 23.8 Å². The van der Waals surface area contributed by atoms with Crippen LogP contribution in [0.25, 0.3) is 0 Å². The van der Waals surface area contributed by atoms with E-state index in [1.807, 2.05) is 49.4 Å². The second-order valence-corrected chi connectivity index (χ2v) is 6.93. The summed E-state index contributed by atoms with van der Waals surface area (Å²) in [5.74, 6) is 0.145. The van der Waals surface area contributed by atoms with Crippen LogP contribution in [0.15, 0.2) is 48.5 Å². The molecule has 0 spiro atoms. The van der Waals surface area contributed by atoms with Crippen LogP contribution in [0, 0.1) is 12.8 Å². The molecule has 2 aromatic carbocycles. The van der Waals surface area contributed by atoms with Gasteiger partial charge >= 0.3 is 0 Å². The van der Waals surface area contributed by atoms with Gasteiger partial charge in [-0.25, -0.2) is 0 Å². The highest BCUT2D eigenvalue weighted by Crippen LogP contribution is 2.23. The van der Waals surface area contributed by atoms with E-state index in [0.717, 1.165) is 54.3 Å². The lowest BCUT2D eigenvalue weighted by Gasteiger charge is -2.32. The van der Waals surface area contributed by atoms with Gasteiger partial charge in [0.05, 0.1) is 5.92 Å². The molecular weight excluding hydrogens is 320 g/mol. The zero-order valence-electron chi connectivity index (χ0n) is 14.0. The maximum absolute atomic E-state index is 12.6. The number of carbonyl (C=O) groups excluding carboxylic acids is 1. The number of nitrogens with zero attached hydrogens (tertiary/aromatic N) is 1. The van der Waals surface area contributed by atoms with E-state index >= 15 is 0 Å². The lowest BCUT2D eigenvalue weighted by Crippen LogP contribution is -2.40. The van der Waals surface area contributed by atoms with Crippen LogP contribution in [0.3, 0.4) is 0 Å². The summed E-state index contributed by atoms with van der Waals surface area (Å²) in [6.07, 6.45) is 1.98. The van der Waals surface area contributed by atoms with Crippen LogP contribution < -0.4 is 5.32 Å². The quantitative estimate of drug-likeness (QED) is 0.887. The van der Waals surface area contributed by atoms with E-state index in [1.54, 1.807) is 0 Å². The van der Waals surface area contributed by atoms with Crippen molar-refractivity contribution in [2.45, 2.75) is 26.3 Å². The maximum Gasteiger partial charge on any atom is 0.228 e. The average molecular weight is 343 g/mol. The van der Waals surface area contributed by atoms with Crippen molar-refractivity contribution in [3.63, 3.8) is 0 Å². The SMILES string of the molecule is Cc1cccc(NC(=O)C2CCCN(Cc3ccccc3Cl)C2)c1. The fraction of sp³-hybridized carbons (Fsp3) is 0.350. The van der Waals surface area contributed by atoms with Gasteiger partial charge in [-0.1, -0.05) is 41.9 Å². The van der Waals surface area contributed by atoms with E-state index in [0.29, 0.717) is 0 Å². The van der Waals surface area contributed by atoms with Crippen molar-refractivity contribution >= 4 is 23.2 Å². The zero-order chi connectivity index (χ0) is 16.9. The Balaban J connectivity index is 1.60. The number of piperidine rings is 1. The monoisotopic (exact) mass is 342 g/mol. The summed E-state index contributed by atoms with van der Waals surface area (Å²) in [6, 6.07) is 15.9. The van der Waals surface area contributed by atoms with Crippen molar-refractivity contribution in [1.29, 1.82) is 0 Å². The molecule has 3 rings (SSSR count). The number of aryl methyl sites for hydroxylation is 1. The second-order valence-electron chi connectivity index (χ2n) is 6.52. The van der Waals surface area contributed by atoms with Gasteiger partial charge in [0.25, 0.3) is 0 Å². The number of hydrogen-bond acceptors (Lipinski definition) is 2. The third-order valence-corrected chi connectivity index (χ3v) is 4.88. The lowest BCUT2D eigenvalue weighted by atomic mass is 9.96. The molecule has 4 heteroatoms. The molecule has 1 aliphatic rings. The van der Waals surface area contributed by atoms with Gasteiger partial charge < -0.3 is 5.32 Å². The molecule has 1 atom stereocenters. The fourth-order valence-electron chi connectivity index (χ4n) is 3.25. The van der Waals surface area contributed by atoms with Crippen LogP contribution in [0.4, 0.5) is 5.69 Å². The number of benzene rings is 2. The minimum Gasteiger partial charge on any atom is -0.326 e. The largest absolute Gasteiger partial charge is 0.326 e. The van der Waals surface area contributed by atoms with Gasteiger partial charge in [-0.2, -0.15) is 0 Å². The number of hydrogen-bond donors (Lipinski definition) is 1. The van der Waals surface area contributed by atoms with Crippen LogP contribution in [0.2, 0.25) is 5.02 Å². The van der Waals surface area contributed by atoms with Gasteiger partial charge in [0.2, 0.25) is 5.91 Å². The molecule has 1 heterocycles. The van der Waals surface area contributed by atoms with Gasteiger partial charge in [0.15, 0.2) is 0 Å².